The van der Waals surface area contributed by atoms with E-state index >= 15 is 0 Å². The summed E-state index contributed by atoms with van der Waals surface area (Å²) in [6.45, 7) is 2.84. The monoisotopic (exact) mass is 341 g/mol. The van der Waals surface area contributed by atoms with Crippen molar-refractivity contribution < 1.29 is 4.39 Å². The van der Waals surface area contributed by atoms with Crippen molar-refractivity contribution in [1.29, 1.82) is 0 Å². The lowest BCUT2D eigenvalue weighted by atomic mass is 9.98. The molecule has 0 aliphatic carbocycles. The van der Waals surface area contributed by atoms with Gasteiger partial charge in [-0.2, -0.15) is 0 Å². The van der Waals surface area contributed by atoms with E-state index in [1.54, 1.807) is 12.1 Å². The topological polar surface area (TPSA) is 12.0 Å². The van der Waals surface area contributed by atoms with E-state index in [1.165, 1.54) is 12.1 Å². The zero-order chi connectivity index (χ0) is 13.8. The van der Waals surface area contributed by atoms with Gasteiger partial charge in [-0.05, 0) is 48.0 Å². The molecule has 0 spiro atoms. The molecule has 0 aliphatic rings. The maximum atomic E-state index is 13.0. The van der Waals surface area contributed by atoms with Crippen molar-refractivity contribution in [2.24, 2.45) is 0 Å². The molecule has 1 atom stereocenters. The minimum Gasteiger partial charge on any atom is -0.306 e. The van der Waals surface area contributed by atoms with Crippen LogP contribution in [0.5, 0.6) is 0 Å². The van der Waals surface area contributed by atoms with Crippen LogP contribution in [0.2, 0.25) is 5.02 Å². The average molecular weight is 343 g/mol. The Hall–Kier alpha value is -0.900. The van der Waals surface area contributed by atoms with E-state index in [4.69, 9.17) is 11.6 Å². The lowest BCUT2D eigenvalue weighted by Crippen LogP contribution is -2.22. The summed E-state index contributed by atoms with van der Waals surface area (Å²) in [6, 6.07) is 12.2. The van der Waals surface area contributed by atoms with Crippen LogP contribution in [0, 0.1) is 5.82 Å². The van der Waals surface area contributed by atoms with Gasteiger partial charge in [0.05, 0.1) is 6.04 Å². The molecule has 0 radical (unpaired) electrons. The minimum atomic E-state index is -0.232. The number of nitrogens with one attached hydrogen (secondary N) is 1. The number of hydrogen-bond donors (Lipinski definition) is 1. The van der Waals surface area contributed by atoms with Crippen LogP contribution < -0.4 is 5.32 Å². The second-order valence-electron chi connectivity index (χ2n) is 4.21. The van der Waals surface area contributed by atoms with Crippen molar-refractivity contribution in [3.05, 3.63) is 68.9 Å². The number of hydrogen-bond acceptors (Lipinski definition) is 1. The Labute approximate surface area is 125 Å². The average Bonchev–Trinajstić information content (AvgIpc) is 2.40. The number of halogens is 3. The number of rotatable bonds is 4. The summed E-state index contributed by atoms with van der Waals surface area (Å²) in [7, 11) is 0. The fourth-order valence-electron chi connectivity index (χ4n) is 2.00. The molecule has 1 N–H and O–H groups in total. The number of benzene rings is 2. The molecule has 2 aromatic rings. The third-order valence-corrected chi connectivity index (χ3v) is 3.84. The zero-order valence-corrected chi connectivity index (χ0v) is 12.8. The van der Waals surface area contributed by atoms with Gasteiger partial charge in [0, 0.05) is 9.50 Å². The van der Waals surface area contributed by atoms with E-state index in [0.717, 1.165) is 22.1 Å². The molecule has 19 heavy (non-hydrogen) atoms. The molecular formula is C15H14BrClFN. The molecule has 0 amide bonds. The van der Waals surface area contributed by atoms with E-state index in [9.17, 15) is 4.39 Å². The predicted molar refractivity (Wildman–Crippen MR) is 81.1 cm³/mol. The molecule has 0 saturated heterocycles. The molecule has 0 heterocycles. The summed E-state index contributed by atoms with van der Waals surface area (Å²) < 4.78 is 14.0. The fourth-order valence-corrected chi connectivity index (χ4v) is 2.66. The molecule has 1 nitrogen and oxygen atoms in total. The summed E-state index contributed by atoms with van der Waals surface area (Å²) >= 11 is 9.61. The van der Waals surface area contributed by atoms with Crippen LogP contribution in [0.25, 0.3) is 0 Å². The fraction of sp³-hybridized carbons (Fsp3) is 0.200. The Bertz CT molecular complexity index is 557. The zero-order valence-electron chi connectivity index (χ0n) is 10.5. The van der Waals surface area contributed by atoms with Crippen molar-refractivity contribution in [3.63, 3.8) is 0 Å². The van der Waals surface area contributed by atoms with E-state index in [1.807, 2.05) is 25.1 Å². The molecule has 0 aromatic heterocycles. The van der Waals surface area contributed by atoms with E-state index in [0.29, 0.717) is 5.02 Å². The van der Waals surface area contributed by atoms with Gasteiger partial charge in [0.2, 0.25) is 0 Å². The Kier molecular flexibility index (Phi) is 4.97. The highest BCUT2D eigenvalue weighted by Crippen LogP contribution is 2.31. The Morgan fingerprint density at radius 3 is 2.53 bits per heavy atom. The highest BCUT2D eigenvalue weighted by atomic mass is 79.9. The highest BCUT2D eigenvalue weighted by molar-refractivity contribution is 9.10. The van der Waals surface area contributed by atoms with E-state index in [-0.39, 0.29) is 11.9 Å². The van der Waals surface area contributed by atoms with E-state index in [2.05, 4.69) is 21.2 Å². The summed E-state index contributed by atoms with van der Waals surface area (Å²) in [5.74, 6) is -0.232. The van der Waals surface area contributed by atoms with Crippen LogP contribution in [0.1, 0.15) is 24.1 Å². The summed E-state index contributed by atoms with van der Waals surface area (Å²) in [5, 5.41) is 4.08. The van der Waals surface area contributed by atoms with Crippen LogP contribution in [0.15, 0.2) is 46.9 Å². The van der Waals surface area contributed by atoms with Crippen LogP contribution in [-0.4, -0.2) is 6.54 Å². The smallest absolute Gasteiger partial charge is 0.123 e. The third-order valence-electron chi connectivity index (χ3n) is 2.88. The van der Waals surface area contributed by atoms with Crippen molar-refractivity contribution in [2.75, 3.05) is 6.54 Å². The van der Waals surface area contributed by atoms with Crippen molar-refractivity contribution in [1.82, 2.24) is 5.32 Å². The van der Waals surface area contributed by atoms with Crippen LogP contribution in [0.3, 0.4) is 0 Å². The van der Waals surface area contributed by atoms with E-state index < -0.39 is 0 Å². The molecule has 0 saturated carbocycles. The Balaban J connectivity index is 2.44. The Morgan fingerprint density at radius 1 is 1.21 bits per heavy atom. The standard InChI is InChI=1S/C15H14BrClFN/c1-2-19-15(10-3-6-12(18)7-4-10)13-9-11(17)5-8-14(13)16/h3-9,15,19H,2H2,1H3. The van der Waals surface area contributed by atoms with Gasteiger partial charge in [-0.1, -0.05) is 46.6 Å². The summed E-state index contributed by atoms with van der Waals surface area (Å²) in [6.07, 6.45) is 0. The second kappa shape index (κ2) is 6.51. The molecular weight excluding hydrogens is 329 g/mol. The van der Waals surface area contributed by atoms with Crippen molar-refractivity contribution >= 4 is 27.5 Å². The van der Waals surface area contributed by atoms with Crippen LogP contribution in [-0.2, 0) is 0 Å². The minimum absolute atomic E-state index is 0.0151. The van der Waals surface area contributed by atoms with Gasteiger partial charge in [0.15, 0.2) is 0 Å². The maximum absolute atomic E-state index is 13.0. The first-order valence-electron chi connectivity index (χ1n) is 6.05. The molecule has 0 fully saturated rings. The first-order chi connectivity index (χ1) is 9.11. The van der Waals surface area contributed by atoms with Crippen molar-refractivity contribution in [3.8, 4) is 0 Å². The maximum Gasteiger partial charge on any atom is 0.123 e. The molecule has 0 aliphatic heterocycles. The summed E-state index contributed by atoms with van der Waals surface area (Å²) in [5.41, 5.74) is 2.05. The van der Waals surface area contributed by atoms with Crippen LogP contribution in [0.4, 0.5) is 4.39 Å². The first kappa shape index (κ1) is 14.5. The molecule has 2 rings (SSSR count). The lowest BCUT2D eigenvalue weighted by Gasteiger charge is -2.20. The van der Waals surface area contributed by atoms with Gasteiger partial charge in [-0.25, -0.2) is 4.39 Å². The van der Waals surface area contributed by atoms with Gasteiger partial charge >= 0.3 is 0 Å². The lowest BCUT2D eigenvalue weighted by molar-refractivity contribution is 0.612. The second-order valence-corrected chi connectivity index (χ2v) is 5.50. The third kappa shape index (κ3) is 3.56. The molecule has 100 valence electrons. The normalized spacial score (nSPS) is 12.4. The Morgan fingerprint density at radius 2 is 1.89 bits per heavy atom. The largest absolute Gasteiger partial charge is 0.306 e. The van der Waals surface area contributed by atoms with Crippen LogP contribution >= 0.6 is 27.5 Å². The first-order valence-corrected chi connectivity index (χ1v) is 7.22. The molecule has 2 aromatic carbocycles. The predicted octanol–water partition coefficient (Wildman–Crippen LogP) is 4.94. The van der Waals surface area contributed by atoms with Gasteiger partial charge < -0.3 is 5.32 Å². The van der Waals surface area contributed by atoms with Gasteiger partial charge in [0.25, 0.3) is 0 Å². The highest BCUT2D eigenvalue weighted by Gasteiger charge is 2.16. The molecule has 0 bridgehead atoms. The van der Waals surface area contributed by atoms with Gasteiger partial charge in [-0.15, -0.1) is 0 Å². The van der Waals surface area contributed by atoms with Gasteiger partial charge in [0.1, 0.15) is 5.82 Å². The quantitative estimate of drug-likeness (QED) is 0.830. The van der Waals surface area contributed by atoms with Crippen molar-refractivity contribution in [2.45, 2.75) is 13.0 Å². The molecule has 1 unspecified atom stereocenters. The summed E-state index contributed by atoms with van der Waals surface area (Å²) in [4.78, 5) is 0. The SMILES string of the molecule is CCNC(c1ccc(F)cc1)c1cc(Cl)ccc1Br. The molecule has 4 heteroatoms. The van der Waals surface area contributed by atoms with Gasteiger partial charge in [-0.3, -0.25) is 0 Å².